The number of para-hydroxylation sites is 1. The largest absolute Gasteiger partial charge is 0.456 e. The minimum atomic E-state index is 0.0157. The number of nitrogens with zero attached hydrogens (tertiary/aromatic N) is 4. The summed E-state index contributed by atoms with van der Waals surface area (Å²) >= 11 is 0. The third-order valence-electron chi connectivity index (χ3n) is 12.2. The third kappa shape index (κ3) is 5.48. The maximum atomic E-state index is 7.80. The van der Waals surface area contributed by atoms with Gasteiger partial charge in [0.25, 0.3) is 0 Å². The fourth-order valence-corrected chi connectivity index (χ4v) is 9.42. The van der Waals surface area contributed by atoms with Crippen molar-refractivity contribution in [2.75, 3.05) is 0 Å². The zero-order chi connectivity index (χ0) is 37.9. The number of hydrogen-bond donors (Lipinski definition) is 0. The van der Waals surface area contributed by atoms with Crippen LogP contribution >= 0.6 is 0 Å². The van der Waals surface area contributed by atoms with Crippen LogP contribution in [0.3, 0.4) is 0 Å². The Kier molecular flexibility index (Phi) is 7.72. The minimum absolute atomic E-state index is 0.0157. The molecule has 0 N–H and O–H groups in total. The average molecular weight is 733 g/mol. The highest BCUT2D eigenvalue weighted by Gasteiger charge is 2.44. The molecule has 1 saturated carbocycles. The van der Waals surface area contributed by atoms with Crippen LogP contribution in [0.2, 0.25) is 0 Å². The highest BCUT2D eigenvalue weighted by atomic mass is 16.3. The molecule has 0 atom stereocenters. The number of rotatable bonds is 5. The van der Waals surface area contributed by atoms with Crippen molar-refractivity contribution in [3.8, 4) is 67.5 Å². The second-order valence-electron chi connectivity index (χ2n) is 15.3. The van der Waals surface area contributed by atoms with Gasteiger partial charge in [-0.2, -0.15) is 0 Å². The van der Waals surface area contributed by atoms with Crippen LogP contribution in [0.5, 0.6) is 0 Å². The van der Waals surface area contributed by atoms with E-state index in [4.69, 9.17) is 25.9 Å². The molecule has 0 amide bonds. The van der Waals surface area contributed by atoms with Crippen LogP contribution in [0.25, 0.3) is 94.3 Å². The third-order valence-corrected chi connectivity index (χ3v) is 12.2. The summed E-state index contributed by atoms with van der Waals surface area (Å²) in [5, 5.41) is 2.15. The lowest BCUT2D eigenvalue weighted by Crippen LogP contribution is -2.27. The van der Waals surface area contributed by atoms with E-state index in [1.54, 1.807) is 0 Å². The Balaban J connectivity index is 1.02. The first-order valence-corrected chi connectivity index (χ1v) is 19.8. The van der Waals surface area contributed by atoms with Crippen molar-refractivity contribution in [2.24, 2.45) is 0 Å². The van der Waals surface area contributed by atoms with Gasteiger partial charge in [-0.3, -0.25) is 0 Å². The van der Waals surface area contributed by atoms with Crippen molar-refractivity contribution in [2.45, 2.75) is 37.5 Å². The number of aromatic nitrogens is 3. The van der Waals surface area contributed by atoms with Gasteiger partial charge in [-0.05, 0) is 81.6 Å². The second-order valence-corrected chi connectivity index (χ2v) is 15.3. The van der Waals surface area contributed by atoms with E-state index >= 15 is 0 Å². The molecule has 0 aliphatic heterocycles. The van der Waals surface area contributed by atoms with Gasteiger partial charge < -0.3 is 4.42 Å². The van der Waals surface area contributed by atoms with E-state index in [0.29, 0.717) is 23.2 Å². The van der Waals surface area contributed by atoms with Gasteiger partial charge in [-0.1, -0.05) is 153 Å². The number of furan rings is 1. The molecular formula is C52H36N4O. The van der Waals surface area contributed by atoms with E-state index in [0.717, 1.165) is 68.2 Å². The normalized spacial score (nSPS) is 14.1. The van der Waals surface area contributed by atoms with E-state index in [1.165, 1.54) is 47.1 Å². The zero-order valence-corrected chi connectivity index (χ0v) is 31.2. The van der Waals surface area contributed by atoms with Crippen LogP contribution in [-0.4, -0.2) is 15.0 Å². The molecular weight excluding hydrogens is 697 g/mol. The summed E-state index contributed by atoms with van der Waals surface area (Å²) in [6, 6.07) is 54.9. The quantitative estimate of drug-likeness (QED) is 0.165. The molecule has 2 heterocycles. The molecule has 0 unspecified atom stereocenters. The van der Waals surface area contributed by atoms with E-state index < -0.39 is 0 Å². The summed E-state index contributed by atoms with van der Waals surface area (Å²) in [6.07, 6.45) is 6.02. The molecule has 2 aliphatic carbocycles. The van der Waals surface area contributed by atoms with E-state index in [1.807, 2.05) is 36.4 Å². The summed E-state index contributed by atoms with van der Waals surface area (Å²) in [6.45, 7) is 7.80. The molecule has 1 spiro atoms. The van der Waals surface area contributed by atoms with Crippen molar-refractivity contribution in [3.05, 3.63) is 180 Å². The summed E-state index contributed by atoms with van der Waals surface area (Å²) in [4.78, 5) is 19.1. The Hall–Kier alpha value is -7.16. The monoisotopic (exact) mass is 732 g/mol. The lowest BCUT2D eigenvalue weighted by atomic mass is 9.67. The molecule has 5 heteroatoms. The summed E-state index contributed by atoms with van der Waals surface area (Å²) in [7, 11) is 0. The van der Waals surface area contributed by atoms with E-state index in [9.17, 15) is 0 Å². The first-order chi connectivity index (χ1) is 28.1. The topological polar surface area (TPSA) is 56.2 Å². The van der Waals surface area contributed by atoms with Crippen molar-refractivity contribution in [1.29, 1.82) is 0 Å². The Morgan fingerprint density at radius 2 is 1.07 bits per heavy atom. The number of benzene rings is 7. The smallest absolute Gasteiger partial charge is 0.187 e. The van der Waals surface area contributed by atoms with Crippen LogP contribution in [0.15, 0.2) is 162 Å². The molecule has 9 aromatic rings. The standard InChI is InChI=1S/C52H36N4O/c1-53-39-26-28-44-43(32-39)48-40(14-10-15-45(48)52(44)29-8-3-9-30-52)35-19-23-37(24-20-35)50-54-49(36-21-17-34(18-22-36)33-11-4-2-5-12-33)55-51(56-50)38-25-27-42-41-13-6-7-16-46(41)57-47(42)31-38/h2,4-7,10-28,31-32H,3,8-9,29-30H2. The Bertz CT molecular complexity index is 3040. The van der Waals surface area contributed by atoms with Crippen molar-refractivity contribution in [1.82, 2.24) is 15.0 Å². The number of hydrogen-bond acceptors (Lipinski definition) is 4. The Labute approximate surface area is 331 Å². The average Bonchev–Trinajstić information content (AvgIpc) is 3.79. The first kappa shape index (κ1) is 33.2. The molecule has 5 nitrogen and oxygen atoms in total. The van der Waals surface area contributed by atoms with Gasteiger partial charge in [0, 0.05) is 32.9 Å². The first-order valence-electron chi connectivity index (χ1n) is 19.8. The zero-order valence-electron chi connectivity index (χ0n) is 31.2. The predicted molar refractivity (Wildman–Crippen MR) is 230 cm³/mol. The number of fused-ring (bicyclic) bond motifs is 8. The molecule has 1 fully saturated rings. The second kappa shape index (κ2) is 13.3. The highest BCUT2D eigenvalue weighted by molar-refractivity contribution is 6.05. The molecule has 2 aliphatic rings. The highest BCUT2D eigenvalue weighted by Crippen LogP contribution is 2.58. The summed E-state index contributed by atoms with van der Waals surface area (Å²) in [5.41, 5.74) is 14.9. The molecule has 0 bridgehead atoms. The van der Waals surface area contributed by atoms with Crippen LogP contribution in [-0.2, 0) is 5.41 Å². The Morgan fingerprint density at radius 3 is 1.81 bits per heavy atom. The fourth-order valence-electron chi connectivity index (χ4n) is 9.42. The van der Waals surface area contributed by atoms with Crippen LogP contribution in [0.1, 0.15) is 43.2 Å². The Morgan fingerprint density at radius 1 is 0.456 bits per heavy atom. The van der Waals surface area contributed by atoms with Gasteiger partial charge >= 0.3 is 0 Å². The molecule has 2 aromatic heterocycles. The summed E-state index contributed by atoms with van der Waals surface area (Å²) < 4.78 is 6.27. The maximum Gasteiger partial charge on any atom is 0.187 e. The molecule has 0 saturated heterocycles. The van der Waals surface area contributed by atoms with Gasteiger partial charge in [0.15, 0.2) is 23.2 Å². The van der Waals surface area contributed by atoms with Gasteiger partial charge in [0.2, 0.25) is 0 Å². The van der Waals surface area contributed by atoms with Gasteiger partial charge in [-0.25, -0.2) is 19.8 Å². The molecule has 11 rings (SSSR count). The van der Waals surface area contributed by atoms with Crippen molar-refractivity contribution >= 4 is 27.6 Å². The fraction of sp³-hybridized carbons (Fsp3) is 0.115. The van der Waals surface area contributed by atoms with Crippen molar-refractivity contribution in [3.63, 3.8) is 0 Å². The lowest BCUT2D eigenvalue weighted by Gasteiger charge is -2.36. The SMILES string of the molecule is [C-]#[N+]c1ccc2c(c1)-c1c(-c3ccc(-c4nc(-c5ccc(-c6ccccc6)cc5)nc(-c5ccc6c(c5)oc5ccccc56)n4)cc3)cccc1C21CCCCC1. The van der Waals surface area contributed by atoms with E-state index in [2.05, 4.69) is 126 Å². The maximum absolute atomic E-state index is 7.80. The predicted octanol–water partition coefficient (Wildman–Crippen LogP) is 13.9. The van der Waals surface area contributed by atoms with Crippen molar-refractivity contribution < 1.29 is 4.42 Å². The molecule has 270 valence electrons. The molecule has 7 aromatic carbocycles. The van der Waals surface area contributed by atoms with Crippen LogP contribution in [0.4, 0.5) is 5.69 Å². The lowest BCUT2D eigenvalue weighted by molar-refractivity contribution is 0.353. The minimum Gasteiger partial charge on any atom is -0.456 e. The molecule has 57 heavy (non-hydrogen) atoms. The van der Waals surface area contributed by atoms with E-state index in [-0.39, 0.29) is 5.41 Å². The van der Waals surface area contributed by atoms with Crippen LogP contribution < -0.4 is 0 Å². The van der Waals surface area contributed by atoms with Gasteiger partial charge in [-0.15, -0.1) is 0 Å². The molecule has 0 radical (unpaired) electrons. The van der Waals surface area contributed by atoms with Gasteiger partial charge in [0.1, 0.15) is 11.2 Å². The van der Waals surface area contributed by atoms with Gasteiger partial charge in [0.05, 0.1) is 6.57 Å². The van der Waals surface area contributed by atoms with Crippen LogP contribution in [0, 0.1) is 6.57 Å². The summed E-state index contributed by atoms with van der Waals surface area (Å²) in [5.74, 6) is 1.79.